The number of carbonyl (C=O) groups excluding carboxylic acids is 2. The maximum absolute atomic E-state index is 12.1. The summed E-state index contributed by atoms with van der Waals surface area (Å²) in [6.45, 7) is 0.225. The Kier molecular flexibility index (Phi) is 5.48. The first-order chi connectivity index (χ1) is 11.7. The van der Waals surface area contributed by atoms with Crippen LogP contribution in [-0.2, 0) is 20.9 Å². The molecule has 0 bridgehead atoms. The normalized spacial score (nSPS) is 16.2. The number of thioether (sulfide) groups is 2. The summed E-state index contributed by atoms with van der Waals surface area (Å²) in [7, 11) is 0. The van der Waals surface area contributed by atoms with Gasteiger partial charge in [0.2, 0.25) is 5.91 Å². The molecule has 0 aromatic heterocycles. The number of carbonyl (C=O) groups is 2. The molecule has 1 N–H and O–H groups in total. The maximum Gasteiger partial charge on any atom is 0.307 e. The number of rotatable bonds is 5. The molecule has 0 radical (unpaired) electrons. The quantitative estimate of drug-likeness (QED) is 0.647. The van der Waals surface area contributed by atoms with Crippen molar-refractivity contribution in [2.45, 2.75) is 28.1 Å². The SMILES string of the molecule is CSc1ccc(COC(=O)C[C@@H]2Sc3ccccc3NC2=O)cc1. The highest BCUT2D eigenvalue weighted by atomic mass is 32.2. The van der Waals surface area contributed by atoms with Gasteiger partial charge in [-0.15, -0.1) is 23.5 Å². The highest BCUT2D eigenvalue weighted by Crippen LogP contribution is 2.36. The predicted molar refractivity (Wildman–Crippen MR) is 97.4 cm³/mol. The number of hydrogen-bond donors (Lipinski definition) is 1. The zero-order chi connectivity index (χ0) is 16.9. The molecule has 1 amide bonds. The van der Waals surface area contributed by atoms with Crippen molar-refractivity contribution in [1.29, 1.82) is 0 Å². The molecule has 2 aromatic carbocycles. The molecule has 2 aromatic rings. The monoisotopic (exact) mass is 359 g/mol. The Morgan fingerprint density at radius 3 is 2.71 bits per heavy atom. The van der Waals surface area contributed by atoms with Crippen molar-refractivity contribution in [3.8, 4) is 0 Å². The maximum atomic E-state index is 12.1. The predicted octanol–water partition coefficient (Wildman–Crippen LogP) is 3.95. The van der Waals surface area contributed by atoms with E-state index in [0.717, 1.165) is 16.1 Å². The van der Waals surface area contributed by atoms with E-state index < -0.39 is 5.25 Å². The van der Waals surface area contributed by atoms with Gasteiger partial charge in [0.25, 0.3) is 0 Å². The summed E-state index contributed by atoms with van der Waals surface area (Å²) in [6, 6.07) is 15.4. The summed E-state index contributed by atoms with van der Waals surface area (Å²) in [5.41, 5.74) is 1.73. The number of esters is 1. The van der Waals surface area contributed by atoms with Gasteiger partial charge in [0, 0.05) is 9.79 Å². The lowest BCUT2D eigenvalue weighted by Gasteiger charge is -2.23. The van der Waals surface area contributed by atoms with Crippen molar-refractivity contribution >= 4 is 41.1 Å². The molecule has 3 rings (SSSR count). The molecule has 0 saturated carbocycles. The van der Waals surface area contributed by atoms with E-state index in [-0.39, 0.29) is 24.9 Å². The molecule has 1 atom stereocenters. The Labute approximate surface area is 149 Å². The molecule has 124 valence electrons. The van der Waals surface area contributed by atoms with Gasteiger partial charge in [0.05, 0.1) is 17.4 Å². The smallest absolute Gasteiger partial charge is 0.307 e. The van der Waals surface area contributed by atoms with Gasteiger partial charge in [-0.3, -0.25) is 9.59 Å². The zero-order valence-electron chi connectivity index (χ0n) is 13.2. The van der Waals surface area contributed by atoms with Crippen LogP contribution in [0, 0.1) is 0 Å². The van der Waals surface area contributed by atoms with Gasteiger partial charge in [-0.05, 0) is 36.1 Å². The summed E-state index contributed by atoms with van der Waals surface area (Å²) in [4.78, 5) is 26.3. The Morgan fingerprint density at radius 2 is 1.96 bits per heavy atom. The first kappa shape index (κ1) is 16.9. The molecule has 0 aliphatic carbocycles. The summed E-state index contributed by atoms with van der Waals surface area (Å²) in [5, 5.41) is 2.38. The fraction of sp³-hybridized carbons (Fsp3) is 0.222. The summed E-state index contributed by atoms with van der Waals surface area (Å²) < 4.78 is 5.30. The van der Waals surface area contributed by atoms with Crippen LogP contribution in [-0.4, -0.2) is 23.4 Å². The van der Waals surface area contributed by atoms with Crippen LogP contribution in [0.4, 0.5) is 5.69 Å². The van der Waals surface area contributed by atoms with Crippen LogP contribution in [0.25, 0.3) is 0 Å². The number of nitrogens with one attached hydrogen (secondary N) is 1. The van der Waals surface area contributed by atoms with Crippen LogP contribution in [0.2, 0.25) is 0 Å². The van der Waals surface area contributed by atoms with Crippen molar-refractivity contribution in [2.75, 3.05) is 11.6 Å². The van der Waals surface area contributed by atoms with Gasteiger partial charge < -0.3 is 10.1 Å². The van der Waals surface area contributed by atoms with Gasteiger partial charge >= 0.3 is 5.97 Å². The van der Waals surface area contributed by atoms with Crippen LogP contribution in [0.3, 0.4) is 0 Å². The first-order valence-electron chi connectivity index (χ1n) is 7.51. The van der Waals surface area contributed by atoms with E-state index in [1.54, 1.807) is 11.8 Å². The van der Waals surface area contributed by atoms with Crippen LogP contribution < -0.4 is 5.32 Å². The zero-order valence-corrected chi connectivity index (χ0v) is 14.8. The fourth-order valence-electron chi connectivity index (χ4n) is 2.32. The number of amides is 1. The number of anilines is 1. The van der Waals surface area contributed by atoms with E-state index in [4.69, 9.17) is 4.74 Å². The molecule has 0 unspecified atom stereocenters. The molecule has 0 saturated heterocycles. The lowest BCUT2D eigenvalue weighted by atomic mass is 10.2. The van der Waals surface area contributed by atoms with Gasteiger partial charge in [0.15, 0.2) is 0 Å². The van der Waals surface area contributed by atoms with E-state index in [1.165, 1.54) is 16.7 Å². The second kappa shape index (κ2) is 7.77. The number of fused-ring (bicyclic) bond motifs is 1. The second-order valence-electron chi connectivity index (χ2n) is 5.30. The Balaban J connectivity index is 1.54. The third-order valence-corrected chi connectivity index (χ3v) is 5.64. The van der Waals surface area contributed by atoms with Crippen molar-refractivity contribution in [3.63, 3.8) is 0 Å². The summed E-state index contributed by atoms with van der Waals surface area (Å²) in [5.74, 6) is -0.518. The van der Waals surface area contributed by atoms with Gasteiger partial charge in [-0.1, -0.05) is 24.3 Å². The van der Waals surface area contributed by atoms with Gasteiger partial charge in [0.1, 0.15) is 6.61 Å². The van der Waals surface area contributed by atoms with Crippen LogP contribution in [0.5, 0.6) is 0 Å². The van der Waals surface area contributed by atoms with Gasteiger partial charge in [-0.2, -0.15) is 0 Å². The minimum absolute atomic E-state index is 0.0632. The lowest BCUT2D eigenvalue weighted by molar-refractivity contribution is -0.145. The number of para-hydroxylation sites is 1. The Morgan fingerprint density at radius 1 is 1.21 bits per heavy atom. The van der Waals surface area contributed by atoms with Gasteiger partial charge in [-0.25, -0.2) is 0 Å². The van der Waals surface area contributed by atoms with Crippen LogP contribution >= 0.6 is 23.5 Å². The highest BCUT2D eigenvalue weighted by Gasteiger charge is 2.29. The topological polar surface area (TPSA) is 55.4 Å². The van der Waals surface area contributed by atoms with Crippen molar-refractivity contribution in [2.24, 2.45) is 0 Å². The molecule has 1 heterocycles. The summed E-state index contributed by atoms with van der Waals surface area (Å²) in [6.07, 6.45) is 2.08. The molecular formula is C18H17NO3S2. The largest absolute Gasteiger partial charge is 0.461 e. The van der Waals surface area contributed by atoms with E-state index >= 15 is 0 Å². The van der Waals surface area contributed by atoms with E-state index in [2.05, 4.69) is 5.32 Å². The Bertz CT molecular complexity index is 746. The molecule has 1 aliphatic rings. The van der Waals surface area contributed by atoms with Crippen molar-refractivity contribution < 1.29 is 14.3 Å². The molecule has 24 heavy (non-hydrogen) atoms. The standard InChI is InChI=1S/C18H17NO3S2/c1-23-13-8-6-12(7-9-13)11-22-17(20)10-16-18(21)19-14-4-2-3-5-15(14)24-16/h2-9,16H,10-11H2,1H3,(H,19,21)/t16-/m0/s1. The lowest BCUT2D eigenvalue weighted by Crippen LogP contribution is -2.31. The molecule has 0 fully saturated rings. The molecular weight excluding hydrogens is 342 g/mol. The number of ether oxygens (including phenoxy) is 1. The van der Waals surface area contributed by atoms with Crippen molar-refractivity contribution in [3.05, 3.63) is 54.1 Å². The highest BCUT2D eigenvalue weighted by molar-refractivity contribution is 8.01. The Hall–Kier alpha value is -1.92. The average Bonchev–Trinajstić information content (AvgIpc) is 2.61. The summed E-state index contributed by atoms with van der Waals surface area (Å²) >= 11 is 3.07. The van der Waals surface area contributed by atoms with Crippen LogP contribution in [0.1, 0.15) is 12.0 Å². The first-order valence-corrected chi connectivity index (χ1v) is 9.61. The number of hydrogen-bond acceptors (Lipinski definition) is 5. The molecule has 4 nitrogen and oxygen atoms in total. The number of benzene rings is 2. The third kappa shape index (κ3) is 4.13. The van der Waals surface area contributed by atoms with Crippen molar-refractivity contribution in [1.82, 2.24) is 0 Å². The molecule has 1 aliphatic heterocycles. The minimum atomic E-state index is -0.453. The average molecular weight is 359 g/mol. The second-order valence-corrected chi connectivity index (χ2v) is 7.43. The van der Waals surface area contributed by atoms with E-state index in [9.17, 15) is 9.59 Å². The molecule has 6 heteroatoms. The third-order valence-electron chi connectivity index (χ3n) is 3.62. The van der Waals surface area contributed by atoms with Crippen LogP contribution in [0.15, 0.2) is 58.3 Å². The van der Waals surface area contributed by atoms with E-state index in [1.807, 2.05) is 54.8 Å². The fourth-order valence-corrected chi connectivity index (χ4v) is 3.83. The minimum Gasteiger partial charge on any atom is -0.461 e. The van der Waals surface area contributed by atoms with E-state index in [0.29, 0.717) is 0 Å². The molecule has 0 spiro atoms.